The van der Waals surface area contributed by atoms with E-state index in [0.717, 1.165) is 25.0 Å². The monoisotopic (exact) mass is 422 g/mol. The van der Waals surface area contributed by atoms with E-state index in [2.05, 4.69) is 27.7 Å². The Kier molecular flexibility index (Phi) is 18.7. The van der Waals surface area contributed by atoms with E-state index in [1.165, 1.54) is 51.4 Å². The first kappa shape index (κ1) is 21.1. The quantitative estimate of drug-likeness (QED) is 0.382. The molecule has 0 saturated heterocycles. The van der Waals surface area contributed by atoms with E-state index >= 15 is 0 Å². The molecule has 0 fully saturated rings. The smallest absolute Gasteiger partial charge is 0.0494 e. The van der Waals surface area contributed by atoms with Gasteiger partial charge in [-0.2, -0.15) is 0 Å². The van der Waals surface area contributed by atoms with Crippen molar-refractivity contribution in [3.8, 4) is 0 Å². The molecule has 0 heterocycles. The minimum Gasteiger partial charge on any atom is -0.381 e. The number of hydrogen-bond donors (Lipinski definition) is 0. The summed E-state index contributed by atoms with van der Waals surface area (Å²) in [4.78, 5) is 0. The first-order valence-corrected chi connectivity index (χ1v) is 7.86. The second-order valence-corrected chi connectivity index (χ2v) is 5.37. The molecule has 0 aliphatic carbocycles. The Morgan fingerprint density at radius 2 is 1.11 bits per heavy atom. The second-order valence-electron chi connectivity index (χ2n) is 5.37. The summed E-state index contributed by atoms with van der Waals surface area (Å²) in [5, 5.41) is 0. The van der Waals surface area contributed by atoms with Crippen LogP contribution in [-0.4, -0.2) is 13.2 Å². The molecule has 0 rings (SSSR count). The largest absolute Gasteiger partial charge is 0.381 e. The van der Waals surface area contributed by atoms with Gasteiger partial charge in [0.05, 0.1) is 0 Å². The Balaban J connectivity index is 0. The Morgan fingerprint density at radius 3 is 1.39 bits per heavy atom. The fourth-order valence-corrected chi connectivity index (χ4v) is 2.20. The topological polar surface area (TPSA) is 9.23 Å². The van der Waals surface area contributed by atoms with Crippen molar-refractivity contribution in [2.75, 3.05) is 13.2 Å². The van der Waals surface area contributed by atoms with Crippen molar-refractivity contribution in [2.24, 2.45) is 11.8 Å². The molecule has 0 N–H and O–H groups in total. The third-order valence-corrected chi connectivity index (χ3v) is 3.79. The van der Waals surface area contributed by atoms with Gasteiger partial charge in [-0.15, -0.1) is 0 Å². The minimum absolute atomic E-state index is 0. The zero-order chi connectivity index (χ0) is 12.9. The molecule has 0 saturated carbocycles. The molecule has 0 amide bonds. The molecule has 0 aromatic carbocycles. The number of unbranched alkanes of at least 4 members (excludes halogenated alkanes) is 2. The molecule has 1 nitrogen and oxygen atoms in total. The summed E-state index contributed by atoms with van der Waals surface area (Å²) < 4.78 is 5.93. The molecule has 0 radical (unpaired) electrons. The molecular formula is C16H34HfO. The van der Waals surface area contributed by atoms with Crippen LogP contribution in [0, 0.1) is 11.8 Å². The van der Waals surface area contributed by atoms with E-state index in [-0.39, 0.29) is 25.8 Å². The van der Waals surface area contributed by atoms with Crippen LogP contribution in [0.4, 0.5) is 0 Å². The van der Waals surface area contributed by atoms with Crippen LogP contribution in [0.15, 0.2) is 0 Å². The third-order valence-electron chi connectivity index (χ3n) is 3.79. The predicted molar refractivity (Wildman–Crippen MR) is 77.4 cm³/mol. The molecule has 0 spiro atoms. The van der Waals surface area contributed by atoms with E-state index in [1.54, 1.807) is 0 Å². The van der Waals surface area contributed by atoms with E-state index in [1.807, 2.05) is 0 Å². The summed E-state index contributed by atoms with van der Waals surface area (Å²) in [6.07, 6.45) is 10.6. The average Bonchev–Trinajstić information content (AvgIpc) is 2.37. The molecule has 0 aliphatic rings. The van der Waals surface area contributed by atoms with Crippen LogP contribution in [0.1, 0.15) is 79.1 Å². The van der Waals surface area contributed by atoms with Crippen molar-refractivity contribution in [1.29, 1.82) is 0 Å². The first-order chi connectivity index (χ1) is 8.28. The summed E-state index contributed by atoms with van der Waals surface area (Å²) in [7, 11) is 0. The second kappa shape index (κ2) is 15.9. The fourth-order valence-electron chi connectivity index (χ4n) is 2.20. The van der Waals surface area contributed by atoms with Crippen LogP contribution in [-0.2, 0) is 30.6 Å². The molecule has 0 bridgehead atoms. The minimum atomic E-state index is 0. The Hall–Kier alpha value is 0.830. The van der Waals surface area contributed by atoms with Crippen LogP contribution >= 0.6 is 0 Å². The van der Waals surface area contributed by atoms with E-state index in [4.69, 9.17) is 4.74 Å². The van der Waals surface area contributed by atoms with Crippen LogP contribution < -0.4 is 0 Å². The summed E-state index contributed by atoms with van der Waals surface area (Å²) in [5.74, 6) is 1.58. The predicted octanol–water partition coefficient (Wildman–Crippen LogP) is 5.43. The fraction of sp³-hybridized carbons (Fsp3) is 1.00. The van der Waals surface area contributed by atoms with Gasteiger partial charge in [-0.1, -0.05) is 66.2 Å². The van der Waals surface area contributed by atoms with Crippen LogP contribution in [0.2, 0.25) is 0 Å². The average molecular weight is 421 g/mol. The van der Waals surface area contributed by atoms with Gasteiger partial charge in [-0.25, -0.2) is 0 Å². The molecule has 0 aliphatic heterocycles. The van der Waals surface area contributed by atoms with Crippen molar-refractivity contribution >= 4 is 0 Å². The molecule has 2 unspecified atom stereocenters. The zero-order valence-electron chi connectivity index (χ0n) is 13.1. The maximum absolute atomic E-state index is 5.93. The molecule has 0 aromatic heterocycles. The maximum Gasteiger partial charge on any atom is 0.0494 e. The van der Waals surface area contributed by atoms with Crippen LogP contribution in [0.3, 0.4) is 0 Å². The van der Waals surface area contributed by atoms with Gasteiger partial charge in [0.2, 0.25) is 0 Å². The zero-order valence-corrected chi connectivity index (χ0v) is 16.7. The van der Waals surface area contributed by atoms with Crippen LogP contribution in [0.25, 0.3) is 0 Å². The standard InChI is InChI=1S/C16H34O.Hf/c1-5-9-11-15(7-3)13-17-14-16(8-4)12-10-6-2;/h15-16H,5-14H2,1-4H3;. The number of rotatable bonds is 12. The molecule has 2 atom stereocenters. The number of ether oxygens (including phenoxy) is 1. The van der Waals surface area contributed by atoms with E-state index < -0.39 is 0 Å². The molecular weight excluding hydrogens is 387 g/mol. The van der Waals surface area contributed by atoms with Crippen molar-refractivity contribution in [1.82, 2.24) is 0 Å². The Labute approximate surface area is 134 Å². The van der Waals surface area contributed by atoms with Gasteiger partial charge in [-0.05, 0) is 24.7 Å². The molecule has 108 valence electrons. The molecule has 2 heteroatoms. The van der Waals surface area contributed by atoms with Crippen molar-refractivity contribution in [3.05, 3.63) is 0 Å². The van der Waals surface area contributed by atoms with Gasteiger partial charge >= 0.3 is 0 Å². The van der Waals surface area contributed by atoms with Gasteiger partial charge in [0, 0.05) is 39.1 Å². The number of hydrogen-bond acceptors (Lipinski definition) is 1. The Morgan fingerprint density at radius 1 is 0.722 bits per heavy atom. The van der Waals surface area contributed by atoms with Crippen molar-refractivity contribution in [2.45, 2.75) is 79.1 Å². The molecule has 0 aromatic rings. The SMILES string of the molecule is CCCCC(CC)COCC(CC)CCCC.[Hf]. The maximum atomic E-state index is 5.93. The first-order valence-electron chi connectivity index (χ1n) is 7.86. The van der Waals surface area contributed by atoms with Gasteiger partial charge in [-0.3, -0.25) is 0 Å². The normalized spacial score (nSPS) is 14.0. The van der Waals surface area contributed by atoms with Gasteiger partial charge in [0.25, 0.3) is 0 Å². The van der Waals surface area contributed by atoms with Crippen LogP contribution in [0.5, 0.6) is 0 Å². The Bertz CT molecular complexity index is 134. The summed E-state index contributed by atoms with van der Waals surface area (Å²) in [5.41, 5.74) is 0. The third kappa shape index (κ3) is 11.9. The van der Waals surface area contributed by atoms with Gasteiger partial charge < -0.3 is 4.74 Å². The summed E-state index contributed by atoms with van der Waals surface area (Å²) in [6.45, 7) is 11.1. The van der Waals surface area contributed by atoms with Crippen molar-refractivity contribution in [3.63, 3.8) is 0 Å². The summed E-state index contributed by atoms with van der Waals surface area (Å²) in [6, 6.07) is 0. The van der Waals surface area contributed by atoms with Gasteiger partial charge in [0.1, 0.15) is 0 Å². The van der Waals surface area contributed by atoms with E-state index in [0.29, 0.717) is 0 Å². The molecule has 18 heavy (non-hydrogen) atoms. The van der Waals surface area contributed by atoms with Gasteiger partial charge in [0.15, 0.2) is 0 Å². The van der Waals surface area contributed by atoms with Crippen molar-refractivity contribution < 1.29 is 30.6 Å². The summed E-state index contributed by atoms with van der Waals surface area (Å²) >= 11 is 0. The van der Waals surface area contributed by atoms with E-state index in [9.17, 15) is 0 Å².